The molecule has 1 saturated heterocycles. The smallest absolute Gasteiger partial charge is 0.270 e. The zero-order valence-electron chi connectivity index (χ0n) is 21.8. The molecule has 10 heteroatoms. The Morgan fingerprint density at radius 1 is 0.805 bits per heavy atom. The molecule has 9 nitrogen and oxygen atoms in total. The van der Waals surface area contributed by atoms with E-state index in [9.17, 15) is 19.7 Å². The number of amides is 2. The summed E-state index contributed by atoms with van der Waals surface area (Å²) in [5.74, 6) is -0.482. The molecule has 41 heavy (non-hydrogen) atoms. The lowest BCUT2D eigenvalue weighted by molar-refractivity contribution is -0.384. The van der Waals surface area contributed by atoms with Gasteiger partial charge in [-0.1, -0.05) is 48.5 Å². The first-order valence-corrected chi connectivity index (χ1v) is 12.9. The van der Waals surface area contributed by atoms with Crippen molar-refractivity contribution < 1.29 is 24.0 Å². The number of carbonyl (C=O) groups is 2. The van der Waals surface area contributed by atoms with E-state index < -0.39 is 16.7 Å². The molecule has 0 saturated carbocycles. The molecule has 0 unspecified atom stereocenters. The van der Waals surface area contributed by atoms with E-state index in [1.54, 1.807) is 78.9 Å². The summed E-state index contributed by atoms with van der Waals surface area (Å²) in [7, 11) is 1.48. The van der Waals surface area contributed by atoms with Gasteiger partial charge in [-0.2, -0.15) is 0 Å². The number of ether oxygens (including phenoxy) is 2. The molecule has 4 aromatic carbocycles. The zero-order chi connectivity index (χ0) is 28.9. The minimum Gasteiger partial charge on any atom is -0.493 e. The van der Waals surface area contributed by atoms with Gasteiger partial charge in [0, 0.05) is 17.7 Å². The Bertz CT molecular complexity index is 1590. The van der Waals surface area contributed by atoms with Crippen LogP contribution < -0.4 is 19.3 Å². The quantitative estimate of drug-likeness (QED) is 0.0858. The van der Waals surface area contributed by atoms with Crippen molar-refractivity contribution in [2.24, 2.45) is 0 Å². The number of non-ortho nitro benzene ring substituents is 1. The average molecular weight is 566 g/mol. The van der Waals surface area contributed by atoms with E-state index >= 15 is 0 Å². The number of para-hydroxylation sites is 3. The van der Waals surface area contributed by atoms with Gasteiger partial charge >= 0.3 is 0 Å². The number of thiocarbonyl (C=S) groups is 1. The highest BCUT2D eigenvalue weighted by Crippen LogP contribution is 2.36. The van der Waals surface area contributed by atoms with E-state index in [0.29, 0.717) is 34.0 Å². The molecule has 0 radical (unpaired) electrons. The largest absolute Gasteiger partial charge is 0.493 e. The number of rotatable bonds is 8. The third kappa shape index (κ3) is 5.54. The molecule has 0 aromatic heterocycles. The predicted octanol–water partition coefficient (Wildman–Crippen LogP) is 5.93. The van der Waals surface area contributed by atoms with Gasteiger partial charge < -0.3 is 9.47 Å². The van der Waals surface area contributed by atoms with Crippen LogP contribution in [0.4, 0.5) is 17.1 Å². The van der Waals surface area contributed by atoms with E-state index in [1.807, 2.05) is 12.1 Å². The van der Waals surface area contributed by atoms with Crippen LogP contribution in [0.5, 0.6) is 11.5 Å². The third-order valence-electron chi connectivity index (χ3n) is 6.34. The summed E-state index contributed by atoms with van der Waals surface area (Å²) in [6.07, 6.45) is 1.46. The fourth-order valence-corrected chi connectivity index (χ4v) is 4.70. The van der Waals surface area contributed by atoms with Crippen molar-refractivity contribution in [1.82, 2.24) is 0 Å². The normalized spacial score (nSPS) is 13.3. The van der Waals surface area contributed by atoms with Crippen LogP contribution in [0.2, 0.25) is 0 Å². The second-order valence-corrected chi connectivity index (χ2v) is 9.25. The minimum absolute atomic E-state index is 0.0327. The molecule has 1 aliphatic heterocycles. The molecule has 204 valence electrons. The summed E-state index contributed by atoms with van der Waals surface area (Å²) in [6.45, 7) is 0.0623. The highest BCUT2D eigenvalue weighted by atomic mass is 32.1. The first-order chi connectivity index (χ1) is 19.9. The summed E-state index contributed by atoms with van der Waals surface area (Å²) < 4.78 is 11.6. The molecule has 1 heterocycles. The maximum Gasteiger partial charge on any atom is 0.270 e. The van der Waals surface area contributed by atoms with Crippen molar-refractivity contribution in [3.05, 3.63) is 130 Å². The Morgan fingerprint density at radius 2 is 1.37 bits per heavy atom. The van der Waals surface area contributed by atoms with E-state index in [2.05, 4.69) is 0 Å². The van der Waals surface area contributed by atoms with Crippen LogP contribution in [-0.4, -0.2) is 29.0 Å². The van der Waals surface area contributed by atoms with Crippen LogP contribution in [0.25, 0.3) is 6.08 Å². The fourth-order valence-electron chi connectivity index (χ4n) is 4.33. The van der Waals surface area contributed by atoms with Gasteiger partial charge in [-0.05, 0) is 66.3 Å². The Morgan fingerprint density at radius 3 is 1.88 bits per heavy atom. The summed E-state index contributed by atoms with van der Waals surface area (Å²) in [5, 5.41) is 11.0. The summed E-state index contributed by atoms with van der Waals surface area (Å²) in [6, 6.07) is 28.8. The molecule has 0 atom stereocenters. The number of carbonyl (C=O) groups excluding carboxylic acids is 2. The Labute approximate surface area is 241 Å². The van der Waals surface area contributed by atoms with Crippen LogP contribution >= 0.6 is 12.2 Å². The van der Waals surface area contributed by atoms with Gasteiger partial charge in [0.1, 0.15) is 12.2 Å². The molecule has 2 amide bonds. The van der Waals surface area contributed by atoms with Crippen LogP contribution in [-0.2, 0) is 16.2 Å². The first kappa shape index (κ1) is 27.2. The van der Waals surface area contributed by atoms with Crippen molar-refractivity contribution >= 4 is 52.3 Å². The van der Waals surface area contributed by atoms with Gasteiger partial charge in [0.15, 0.2) is 16.6 Å². The molecule has 1 aliphatic rings. The lowest BCUT2D eigenvalue weighted by Crippen LogP contribution is -2.56. The second kappa shape index (κ2) is 11.8. The van der Waals surface area contributed by atoms with E-state index in [-0.39, 0.29) is 23.0 Å². The molecule has 0 N–H and O–H groups in total. The average Bonchev–Trinajstić information content (AvgIpc) is 2.99. The van der Waals surface area contributed by atoms with Crippen LogP contribution in [0, 0.1) is 10.1 Å². The van der Waals surface area contributed by atoms with Crippen molar-refractivity contribution in [2.75, 3.05) is 16.9 Å². The van der Waals surface area contributed by atoms with Crippen molar-refractivity contribution in [3.8, 4) is 11.5 Å². The molecule has 0 aliphatic carbocycles. The standard InChI is InChI=1S/C31H23N3O6S/c1-39-27-14-8-9-22(28(27)40-20-21-15-17-25(18-16-21)34(37)38)19-26-29(35)32(23-10-4-2-5-11-23)31(41)33(30(26)36)24-12-6-3-7-13-24/h2-19H,20H2,1H3. The lowest BCUT2D eigenvalue weighted by atomic mass is 10.0. The molecular weight excluding hydrogens is 542 g/mol. The zero-order valence-corrected chi connectivity index (χ0v) is 22.6. The number of nitro benzene ring substituents is 1. The van der Waals surface area contributed by atoms with Gasteiger partial charge in [-0.25, -0.2) is 0 Å². The van der Waals surface area contributed by atoms with E-state index in [0.717, 1.165) is 0 Å². The topological polar surface area (TPSA) is 102 Å². The van der Waals surface area contributed by atoms with E-state index in [1.165, 1.54) is 35.1 Å². The Balaban J connectivity index is 1.56. The summed E-state index contributed by atoms with van der Waals surface area (Å²) >= 11 is 5.67. The third-order valence-corrected chi connectivity index (χ3v) is 6.70. The second-order valence-electron chi connectivity index (χ2n) is 8.88. The molecule has 5 rings (SSSR count). The van der Waals surface area contributed by atoms with Crippen molar-refractivity contribution in [2.45, 2.75) is 6.61 Å². The van der Waals surface area contributed by atoms with Crippen LogP contribution in [0.1, 0.15) is 11.1 Å². The monoisotopic (exact) mass is 565 g/mol. The maximum absolute atomic E-state index is 13.9. The predicted molar refractivity (Wildman–Crippen MR) is 159 cm³/mol. The molecular formula is C31H23N3O6S. The lowest BCUT2D eigenvalue weighted by Gasteiger charge is -2.36. The highest BCUT2D eigenvalue weighted by Gasteiger charge is 2.41. The van der Waals surface area contributed by atoms with E-state index in [4.69, 9.17) is 21.7 Å². The SMILES string of the molecule is COc1cccc(C=C2C(=O)N(c3ccccc3)C(=S)N(c3ccccc3)C2=O)c1OCc1ccc([N+](=O)[O-])cc1. The number of anilines is 2. The molecule has 1 fully saturated rings. The van der Waals surface area contributed by atoms with Crippen LogP contribution in [0.3, 0.4) is 0 Å². The van der Waals surface area contributed by atoms with Crippen molar-refractivity contribution in [3.63, 3.8) is 0 Å². The number of nitrogens with zero attached hydrogens (tertiary/aromatic N) is 3. The number of nitro groups is 1. The van der Waals surface area contributed by atoms with Gasteiger partial charge in [-0.3, -0.25) is 29.5 Å². The highest BCUT2D eigenvalue weighted by molar-refractivity contribution is 7.81. The Hall–Kier alpha value is -5.35. The summed E-state index contributed by atoms with van der Waals surface area (Å²) in [5.41, 5.74) is 1.98. The van der Waals surface area contributed by atoms with Gasteiger partial charge in [0.05, 0.1) is 23.4 Å². The van der Waals surface area contributed by atoms with Crippen LogP contribution in [0.15, 0.2) is 109 Å². The van der Waals surface area contributed by atoms with Gasteiger partial charge in [0.2, 0.25) is 0 Å². The summed E-state index contributed by atoms with van der Waals surface area (Å²) in [4.78, 5) is 40.9. The molecule has 0 bridgehead atoms. The van der Waals surface area contributed by atoms with Crippen molar-refractivity contribution in [1.29, 1.82) is 0 Å². The number of hydrogen-bond acceptors (Lipinski definition) is 7. The Kier molecular flexibility index (Phi) is 7.84. The number of benzene rings is 4. The maximum atomic E-state index is 13.9. The number of hydrogen-bond donors (Lipinski definition) is 0. The number of methoxy groups -OCH3 is 1. The first-order valence-electron chi connectivity index (χ1n) is 12.5. The molecule has 0 spiro atoms. The molecule has 4 aromatic rings. The minimum atomic E-state index is -0.581. The van der Waals surface area contributed by atoms with Gasteiger partial charge in [-0.15, -0.1) is 0 Å². The van der Waals surface area contributed by atoms with Gasteiger partial charge in [0.25, 0.3) is 17.5 Å². The fraction of sp³-hybridized carbons (Fsp3) is 0.0645.